The summed E-state index contributed by atoms with van der Waals surface area (Å²) in [4.78, 5) is 31.0. The van der Waals surface area contributed by atoms with Crippen molar-refractivity contribution >= 4 is 40.2 Å². The minimum absolute atomic E-state index is 0.0703. The lowest BCUT2D eigenvalue weighted by atomic mass is 10.2. The number of nitrogens with zero attached hydrogens (tertiary/aromatic N) is 2. The number of rotatable bonds is 6. The average Bonchev–Trinajstić information content (AvgIpc) is 3.49. The summed E-state index contributed by atoms with van der Waals surface area (Å²) >= 11 is 7.45. The van der Waals surface area contributed by atoms with Crippen molar-refractivity contribution in [3.8, 4) is 11.5 Å². The number of halogens is 1. The maximum atomic E-state index is 13.3. The van der Waals surface area contributed by atoms with Gasteiger partial charge in [0, 0.05) is 17.6 Å². The molecule has 1 atom stereocenters. The Kier molecular flexibility index (Phi) is 6.21. The second-order valence-corrected chi connectivity index (χ2v) is 10.1. The lowest BCUT2D eigenvalue weighted by Crippen LogP contribution is -2.32. The predicted molar refractivity (Wildman–Crippen MR) is 128 cm³/mol. The summed E-state index contributed by atoms with van der Waals surface area (Å²) in [6, 6.07) is 10.9. The van der Waals surface area contributed by atoms with Crippen molar-refractivity contribution in [1.82, 2.24) is 14.9 Å². The normalized spacial score (nSPS) is 16.3. The SMILES string of the molecule is CC(Sc1nc2cc(Cl)ccc2c(=O)n1C1CCCC1)C(=O)NCc1ccc2c(c1)OCO2. The van der Waals surface area contributed by atoms with Crippen LogP contribution in [0.3, 0.4) is 0 Å². The Balaban J connectivity index is 1.36. The van der Waals surface area contributed by atoms with Gasteiger partial charge in [0.25, 0.3) is 5.56 Å². The fraction of sp³-hybridized carbons (Fsp3) is 0.375. The van der Waals surface area contributed by atoms with Crippen molar-refractivity contribution < 1.29 is 14.3 Å². The number of thioether (sulfide) groups is 1. The van der Waals surface area contributed by atoms with Gasteiger partial charge < -0.3 is 14.8 Å². The third-order valence-electron chi connectivity index (χ3n) is 6.08. The molecule has 1 N–H and O–H groups in total. The first kappa shape index (κ1) is 22.1. The zero-order chi connectivity index (χ0) is 22.9. The first-order valence-corrected chi connectivity index (χ1v) is 12.3. The number of carbonyl (C=O) groups is 1. The van der Waals surface area contributed by atoms with E-state index in [1.807, 2.05) is 25.1 Å². The molecule has 1 aliphatic heterocycles. The van der Waals surface area contributed by atoms with Gasteiger partial charge in [0.1, 0.15) is 0 Å². The Hall–Kier alpha value is -2.71. The largest absolute Gasteiger partial charge is 0.454 e. The Morgan fingerprint density at radius 2 is 2.00 bits per heavy atom. The van der Waals surface area contributed by atoms with Crippen molar-refractivity contribution in [2.75, 3.05) is 6.79 Å². The third-order valence-corrected chi connectivity index (χ3v) is 7.38. The molecule has 33 heavy (non-hydrogen) atoms. The van der Waals surface area contributed by atoms with E-state index < -0.39 is 5.25 Å². The number of aromatic nitrogens is 2. The lowest BCUT2D eigenvalue weighted by molar-refractivity contribution is -0.120. The van der Waals surface area contributed by atoms with Crippen molar-refractivity contribution in [2.45, 2.75) is 55.6 Å². The maximum Gasteiger partial charge on any atom is 0.262 e. The number of carbonyl (C=O) groups excluding carboxylic acids is 1. The molecule has 5 rings (SSSR count). The molecular weight excluding hydrogens is 462 g/mol. The van der Waals surface area contributed by atoms with Crippen LogP contribution in [0.25, 0.3) is 10.9 Å². The molecule has 1 amide bonds. The van der Waals surface area contributed by atoms with Crippen LogP contribution in [-0.4, -0.2) is 27.5 Å². The predicted octanol–water partition coefficient (Wildman–Crippen LogP) is 4.69. The van der Waals surface area contributed by atoms with Crippen LogP contribution in [0.5, 0.6) is 11.5 Å². The van der Waals surface area contributed by atoms with Crippen LogP contribution in [0.4, 0.5) is 0 Å². The molecule has 9 heteroatoms. The number of fused-ring (bicyclic) bond motifs is 2. The van der Waals surface area contributed by atoms with E-state index in [1.54, 1.807) is 22.8 Å². The van der Waals surface area contributed by atoms with Crippen molar-refractivity contribution in [3.05, 3.63) is 57.3 Å². The molecule has 2 heterocycles. The Labute approximate surface area is 200 Å². The Bertz CT molecular complexity index is 1270. The van der Waals surface area contributed by atoms with Crippen LogP contribution in [0.1, 0.15) is 44.2 Å². The number of amides is 1. The molecule has 172 valence electrons. The van der Waals surface area contributed by atoms with E-state index in [9.17, 15) is 9.59 Å². The molecule has 1 aliphatic carbocycles. The highest BCUT2D eigenvalue weighted by molar-refractivity contribution is 8.00. The van der Waals surface area contributed by atoms with Gasteiger partial charge in [-0.05, 0) is 55.7 Å². The molecule has 2 aromatic carbocycles. The van der Waals surface area contributed by atoms with Gasteiger partial charge in [0.15, 0.2) is 16.7 Å². The van der Waals surface area contributed by atoms with Crippen LogP contribution < -0.4 is 20.3 Å². The van der Waals surface area contributed by atoms with E-state index in [0.717, 1.165) is 31.2 Å². The van der Waals surface area contributed by atoms with E-state index in [1.165, 1.54) is 11.8 Å². The highest BCUT2D eigenvalue weighted by Gasteiger charge is 2.26. The number of hydrogen-bond donors (Lipinski definition) is 1. The summed E-state index contributed by atoms with van der Waals surface area (Å²) in [5, 5.41) is 4.17. The second-order valence-electron chi connectivity index (χ2n) is 8.33. The van der Waals surface area contributed by atoms with Gasteiger partial charge in [0.2, 0.25) is 12.7 Å². The fourth-order valence-electron chi connectivity index (χ4n) is 4.31. The summed E-state index contributed by atoms with van der Waals surface area (Å²) in [6.45, 7) is 2.41. The summed E-state index contributed by atoms with van der Waals surface area (Å²) in [5.74, 6) is 1.27. The molecule has 1 unspecified atom stereocenters. The van der Waals surface area contributed by atoms with Crippen LogP contribution in [0.15, 0.2) is 46.3 Å². The number of nitrogens with one attached hydrogen (secondary N) is 1. The minimum atomic E-state index is -0.435. The van der Waals surface area contributed by atoms with Crippen molar-refractivity contribution in [3.63, 3.8) is 0 Å². The highest BCUT2D eigenvalue weighted by atomic mass is 35.5. The minimum Gasteiger partial charge on any atom is -0.454 e. The number of benzene rings is 2. The highest BCUT2D eigenvalue weighted by Crippen LogP contribution is 2.34. The fourth-order valence-corrected chi connectivity index (χ4v) is 5.48. The van der Waals surface area contributed by atoms with Gasteiger partial charge in [-0.25, -0.2) is 4.98 Å². The molecule has 0 spiro atoms. The molecule has 0 bridgehead atoms. The van der Waals surface area contributed by atoms with E-state index in [0.29, 0.717) is 39.1 Å². The molecule has 1 fully saturated rings. The zero-order valence-corrected chi connectivity index (χ0v) is 19.7. The van der Waals surface area contributed by atoms with Crippen LogP contribution in [0, 0.1) is 0 Å². The van der Waals surface area contributed by atoms with Gasteiger partial charge in [0.05, 0.1) is 16.2 Å². The third kappa shape index (κ3) is 4.54. The molecule has 0 saturated heterocycles. The topological polar surface area (TPSA) is 82.5 Å². The summed E-state index contributed by atoms with van der Waals surface area (Å²) in [6.07, 6.45) is 4.06. The first-order valence-electron chi connectivity index (χ1n) is 11.0. The molecule has 2 aliphatic rings. The molecule has 1 aromatic heterocycles. The zero-order valence-electron chi connectivity index (χ0n) is 18.2. The summed E-state index contributed by atoms with van der Waals surface area (Å²) in [5.41, 5.74) is 1.40. The van der Waals surface area contributed by atoms with Gasteiger partial charge in [-0.2, -0.15) is 0 Å². The van der Waals surface area contributed by atoms with Crippen LogP contribution in [0.2, 0.25) is 5.02 Å². The van der Waals surface area contributed by atoms with E-state index in [4.69, 9.17) is 26.1 Å². The smallest absolute Gasteiger partial charge is 0.262 e. The van der Waals surface area contributed by atoms with E-state index in [2.05, 4.69) is 5.32 Å². The lowest BCUT2D eigenvalue weighted by Gasteiger charge is -2.20. The van der Waals surface area contributed by atoms with Gasteiger partial charge in [-0.15, -0.1) is 0 Å². The molecule has 1 saturated carbocycles. The Morgan fingerprint density at radius 1 is 1.21 bits per heavy atom. The standard InChI is InChI=1S/C24H24ClN3O4S/c1-14(22(29)26-12-15-6-9-20-21(10-15)32-13-31-20)33-24-27-19-11-16(25)7-8-18(19)23(30)28(24)17-4-2-3-5-17/h6-11,14,17H,2-5,12-13H2,1H3,(H,26,29). The average molecular weight is 486 g/mol. The first-order chi connectivity index (χ1) is 16.0. The van der Waals surface area contributed by atoms with Gasteiger partial charge in [-0.3, -0.25) is 14.2 Å². The second kappa shape index (κ2) is 9.27. The summed E-state index contributed by atoms with van der Waals surface area (Å²) in [7, 11) is 0. The molecular formula is C24H24ClN3O4S. The monoisotopic (exact) mass is 485 g/mol. The number of ether oxygens (including phenoxy) is 2. The van der Waals surface area contributed by atoms with Gasteiger partial charge >= 0.3 is 0 Å². The van der Waals surface area contributed by atoms with Crippen LogP contribution in [-0.2, 0) is 11.3 Å². The van der Waals surface area contributed by atoms with E-state index in [-0.39, 0.29) is 24.3 Å². The number of hydrogen-bond acceptors (Lipinski definition) is 6. The molecule has 3 aromatic rings. The summed E-state index contributed by atoms with van der Waals surface area (Å²) < 4.78 is 12.5. The van der Waals surface area contributed by atoms with Crippen molar-refractivity contribution in [1.29, 1.82) is 0 Å². The molecule has 7 nitrogen and oxygen atoms in total. The van der Waals surface area contributed by atoms with Crippen LogP contribution >= 0.6 is 23.4 Å². The quantitative estimate of drug-likeness (QED) is 0.403. The molecule has 0 radical (unpaired) electrons. The maximum absolute atomic E-state index is 13.3. The van der Waals surface area contributed by atoms with Gasteiger partial charge in [-0.1, -0.05) is 42.3 Å². The Morgan fingerprint density at radius 3 is 2.82 bits per heavy atom. The van der Waals surface area contributed by atoms with E-state index >= 15 is 0 Å². The van der Waals surface area contributed by atoms with Crippen molar-refractivity contribution in [2.24, 2.45) is 0 Å².